The van der Waals surface area contributed by atoms with Crippen LogP contribution in [0.3, 0.4) is 0 Å². The maximum absolute atomic E-state index is 5.91. The molecule has 0 heterocycles. The lowest BCUT2D eigenvalue weighted by Crippen LogP contribution is -2.38. The van der Waals surface area contributed by atoms with Gasteiger partial charge in [0.1, 0.15) is 0 Å². The number of nitrogens with two attached hydrogens (primary N) is 2. The third kappa shape index (κ3) is 2.01. The van der Waals surface area contributed by atoms with Gasteiger partial charge in [0.2, 0.25) is 0 Å². The summed E-state index contributed by atoms with van der Waals surface area (Å²) in [4.78, 5) is 0. The van der Waals surface area contributed by atoms with Crippen LogP contribution in [0.15, 0.2) is 24.3 Å². The van der Waals surface area contributed by atoms with Crippen molar-refractivity contribution in [3.8, 4) is 0 Å². The van der Waals surface area contributed by atoms with Gasteiger partial charge in [0.05, 0.1) is 0 Å². The van der Waals surface area contributed by atoms with E-state index in [1.807, 2.05) is 25.1 Å². The summed E-state index contributed by atoms with van der Waals surface area (Å²) in [5, 5.41) is 0. The van der Waals surface area contributed by atoms with Crippen LogP contribution in [-0.2, 0) is 5.41 Å². The molecule has 0 spiro atoms. The Labute approximate surface area is 79.9 Å². The van der Waals surface area contributed by atoms with Crippen LogP contribution in [-0.4, -0.2) is 6.04 Å². The van der Waals surface area contributed by atoms with Crippen LogP contribution in [0.2, 0.25) is 0 Å². The van der Waals surface area contributed by atoms with E-state index in [-0.39, 0.29) is 11.5 Å². The van der Waals surface area contributed by atoms with E-state index in [4.69, 9.17) is 11.5 Å². The highest BCUT2D eigenvalue weighted by Gasteiger charge is 2.24. The number of anilines is 1. The van der Waals surface area contributed by atoms with E-state index in [0.717, 1.165) is 5.69 Å². The van der Waals surface area contributed by atoms with Gasteiger partial charge < -0.3 is 11.5 Å². The van der Waals surface area contributed by atoms with Gasteiger partial charge in [-0.2, -0.15) is 0 Å². The van der Waals surface area contributed by atoms with E-state index in [1.54, 1.807) is 0 Å². The zero-order valence-corrected chi connectivity index (χ0v) is 8.54. The predicted octanol–water partition coefficient (Wildman–Crippen LogP) is 1.89. The molecule has 13 heavy (non-hydrogen) atoms. The molecular formula is C11H18N2. The quantitative estimate of drug-likeness (QED) is 0.679. The summed E-state index contributed by atoms with van der Waals surface area (Å²) in [6, 6.07) is 8.04. The summed E-state index contributed by atoms with van der Waals surface area (Å²) in [5.41, 5.74) is 13.6. The molecule has 0 aliphatic rings. The lowest BCUT2D eigenvalue weighted by atomic mass is 9.79. The molecular weight excluding hydrogens is 160 g/mol. The maximum Gasteiger partial charge on any atom is 0.0316 e. The van der Waals surface area contributed by atoms with Crippen molar-refractivity contribution < 1.29 is 0 Å². The van der Waals surface area contributed by atoms with Crippen LogP contribution < -0.4 is 11.5 Å². The minimum Gasteiger partial charge on any atom is -0.399 e. The van der Waals surface area contributed by atoms with Crippen molar-refractivity contribution in [1.29, 1.82) is 0 Å². The van der Waals surface area contributed by atoms with E-state index in [9.17, 15) is 0 Å². The van der Waals surface area contributed by atoms with Gasteiger partial charge in [-0.15, -0.1) is 0 Å². The van der Waals surface area contributed by atoms with Gasteiger partial charge in [-0.25, -0.2) is 0 Å². The number of nitrogen functional groups attached to an aromatic ring is 1. The Bertz CT molecular complexity index is 290. The highest BCUT2D eigenvalue weighted by Crippen LogP contribution is 2.26. The number of hydrogen-bond acceptors (Lipinski definition) is 2. The molecule has 0 bridgehead atoms. The first kappa shape index (κ1) is 10.1. The molecule has 0 amide bonds. The van der Waals surface area contributed by atoms with Crippen molar-refractivity contribution in [1.82, 2.24) is 0 Å². The zero-order valence-electron chi connectivity index (χ0n) is 8.54. The van der Waals surface area contributed by atoms with Gasteiger partial charge in [-0.1, -0.05) is 26.0 Å². The molecule has 0 aliphatic heterocycles. The van der Waals surface area contributed by atoms with Crippen molar-refractivity contribution in [3.05, 3.63) is 29.8 Å². The largest absolute Gasteiger partial charge is 0.399 e. The normalized spacial score (nSPS) is 14.2. The Morgan fingerprint density at radius 1 is 1.31 bits per heavy atom. The van der Waals surface area contributed by atoms with Gasteiger partial charge in [0, 0.05) is 17.1 Å². The Morgan fingerprint density at radius 3 is 2.38 bits per heavy atom. The molecule has 1 atom stereocenters. The fourth-order valence-electron chi connectivity index (χ4n) is 1.20. The molecule has 0 fully saturated rings. The Hall–Kier alpha value is -1.02. The summed E-state index contributed by atoms with van der Waals surface area (Å²) >= 11 is 0. The predicted molar refractivity (Wildman–Crippen MR) is 57.5 cm³/mol. The molecule has 0 saturated heterocycles. The monoisotopic (exact) mass is 178 g/mol. The summed E-state index contributed by atoms with van der Waals surface area (Å²) in [6.45, 7) is 6.28. The fourth-order valence-corrected chi connectivity index (χ4v) is 1.20. The SMILES string of the molecule is CC(N)C(C)(C)c1cccc(N)c1. The molecule has 0 aromatic heterocycles. The molecule has 2 heteroatoms. The maximum atomic E-state index is 5.91. The average molecular weight is 178 g/mol. The second-order valence-corrected chi connectivity index (χ2v) is 4.14. The molecule has 2 nitrogen and oxygen atoms in total. The standard InChI is InChI=1S/C11H18N2/c1-8(12)11(2,3)9-5-4-6-10(13)7-9/h4-8H,12-13H2,1-3H3. The topological polar surface area (TPSA) is 52.0 Å². The molecule has 1 rings (SSSR count). The van der Waals surface area contributed by atoms with Crippen molar-refractivity contribution >= 4 is 5.69 Å². The first-order valence-electron chi connectivity index (χ1n) is 4.56. The molecule has 4 N–H and O–H groups in total. The van der Waals surface area contributed by atoms with E-state index in [0.29, 0.717) is 0 Å². The summed E-state index contributed by atoms with van der Waals surface area (Å²) < 4.78 is 0. The van der Waals surface area contributed by atoms with Crippen LogP contribution in [0.4, 0.5) is 5.69 Å². The molecule has 1 aromatic rings. The van der Waals surface area contributed by atoms with Gasteiger partial charge in [0.15, 0.2) is 0 Å². The van der Waals surface area contributed by atoms with Crippen LogP contribution in [0.25, 0.3) is 0 Å². The lowest BCUT2D eigenvalue weighted by molar-refractivity contribution is 0.434. The van der Waals surface area contributed by atoms with E-state index >= 15 is 0 Å². The number of rotatable bonds is 2. The third-order valence-corrected chi connectivity index (χ3v) is 2.77. The second-order valence-electron chi connectivity index (χ2n) is 4.14. The van der Waals surface area contributed by atoms with E-state index < -0.39 is 0 Å². The molecule has 0 saturated carbocycles. The van der Waals surface area contributed by atoms with Crippen LogP contribution in [0, 0.1) is 0 Å². The van der Waals surface area contributed by atoms with Crippen LogP contribution in [0.1, 0.15) is 26.3 Å². The molecule has 0 aliphatic carbocycles. The van der Waals surface area contributed by atoms with Gasteiger partial charge in [0.25, 0.3) is 0 Å². The van der Waals surface area contributed by atoms with Crippen LogP contribution >= 0.6 is 0 Å². The van der Waals surface area contributed by atoms with Crippen molar-refractivity contribution in [3.63, 3.8) is 0 Å². The lowest BCUT2D eigenvalue weighted by Gasteiger charge is -2.29. The molecule has 0 radical (unpaired) electrons. The molecule has 1 unspecified atom stereocenters. The van der Waals surface area contributed by atoms with Crippen LogP contribution in [0.5, 0.6) is 0 Å². The first-order valence-corrected chi connectivity index (χ1v) is 4.56. The van der Waals surface area contributed by atoms with Gasteiger partial charge in [-0.3, -0.25) is 0 Å². The second kappa shape index (κ2) is 3.38. The summed E-state index contributed by atoms with van der Waals surface area (Å²) in [6.07, 6.45) is 0. The van der Waals surface area contributed by atoms with Crippen molar-refractivity contribution in [2.45, 2.75) is 32.2 Å². The highest BCUT2D eigenvalue weighted by molar-refractivity contribution is 5.43. The van der Waals surface area contributed by atoms with E-state index in [2.05, 4.69) is 19.9 Å². The molecule has 72 valence electrons. The first-order chi connectivity index (χ1) is 5.94. The zero-order chi connectivity index (χ0) is 10.1. The summed E-state index contributed by atoms with van der Waals surface area (Å²) in [7, 11) is 0. The highest BCUT2D eigenvalue weighted by atomic mass is 14.7. The molecule has 1 aromatic carbocycles. The Balaban J connectivity index is 3.07. The Morgan fingerprint density at radius 2 is 1.92 bits per heavy atom. The van der Waals surface area contributed by atoms with Crippen molar-refractivity contribution in [2.24, 2.45) is 5.73 Å². The minimum atomic E-state index is -0.0185. The van der Waals surface area contributed by atoms with E-state index in [1.165, 1.54) is 5.56 Å². The average Bonchev–Trinajstić information content (AvgIpc) is 2.04. The fraction of sp³-hybridized carbons (Fsp3) is 0.455. The number of hydrogen-bond donors (Lipinski definition) is 2. The number of benzene rings is 1. The van der Waals surface area contributed by atoms with Crippen molar-refractivity contribution in [2.75, 3.05) is 5.73 Å². The van der Waals surface area contributed by atoms with Gasteiger partial charge in [-0.05, 0) is 24.6 Å². The third-order valence-electron chi connectivity index (χ3n) is 2.77. The minimum absolute atomic E-state index is 0.0185. The smallest absolute Gasteiger partial charge is 0.0316 e. The van der Waals surface area contributed by atoms with Gasteiger partial charge >= 0.3 is 0 Å². The Kier molecular flexibility index (Phi) is 2.62. The summed E-state index contributed by atoms with van der Waals surface area (Å²) in [5.74, 6) is 0.